The minimum absolute atomic E-state index is 0.480. The van der Waals surface area contributed by atoms with Crippen molar-refractivity contribution >= 4 is 5.78 Å². The van der Waals surface area contributed by atoms with Crippen molar-refractivity contribution in [3.8, 4) is 0 Å². The van der Waals surface area contributed by atoms with Crippen molar-refractivity contribution in [2.45, 2.75) is 25.6 Å². The van der Waals surface area contributed by atoms with E-state index in [4.69, 9.17) is 4.74 Å². The highest BCUT2D eigenvalue weighted by molar-refractivity contribution is 6.03. The van der Waals surface area contributed by atoms with Crippen molar-refractivity contribution in [3.63, 3.8) is 0 Å². The molecule has 0 bridgehead atoms. The van der Waals surface area contributed by atoms with Gasteiger partial charge in [-0.25, -0.2) is 0 Å². The lowest BCUT2D eigenvalue weighted by Crippen LogP contribution is -2.35. The van der Waals surface area contributed by atoms with Crippen LogP contribution < -0.4 is 0 Å². The number of ketones is 1. The molecule has 0 radical (unpaired) electrons. The second-order valence-electron chi connectivity index (χ2n) is 3.96. The van der Waals surface area contributed by atoms with Crippen molar-refractivity contribution in [2.75, 3.05) is 7.11 Å². The fraction of sp³-hybridized carbons (Fsp3) is 0.455. The number of hydrogen-bond donors (Lipinski definition) is 0. The first-order valence-electron chi connectivity index (χ1n) is 4.81. The monoisotopic (exact) mass is 247 g/mol. The molecule has 1 aromatic rings. The van der Waals surface area contributed by atoms with E-state index in [-0.39, 0.29) is 0 Å². The van der Waals surface area contributed by atoms with E-state index in [0.29, 0.717) is 0 Å². The molecule has 17 heavy (non-hydrogen) atoms. The molecule has 0 amide bonds. The molecule has 6 heteroatoms. The number of rotatable bonds is 3. The Morgan fingerprint density at radius 3 is 2.41 bits per heavy atom. The van der Waals surface area contributed by atoms with Gasteiger partial charge in [0.1, 0.15) is 5.60 Å². The van der Waals surface area contributed by atoms with Crippen molar-refractivity contribution in [1.82, 2.24) is 4.98 Å². The van der Waals surface area contributed by atoms with Gasteiger partial charge >= 0.3 is 6.18 Å². The van der Waals surface area contributed by atoms with Crippen LogP contribution in [-0.4, -0.2) is 23.5 Å². The third-order valence-corrected chi connectivity index (χ3v) is 2.43. The van der Waals surface area contributed by atoms with Gasteiger partial charge in [-0.1, -0.05) is 0 Å². The molecular formula is C11H12F3NO2. The lowest BCUT2D eigenvalue weighted by Gasteiger charge is -2.22. The molecule has 0 saturated carbocycles. The lowest BCUT2D eigenvalue weighted by atomic mass is 9.94. The summed E-state index contributed by atoms with van der Waals surface area (Å²) in [5.41, 5.74) is -2.79. The Labute approximate surface area is 96.6 Å². The second kappa shape index (κ2) is 4.44. The first kappa shape index (κ1) is 13.6. The highest BCUT2D eigenvalue weighted by Gasteiger charge is 2.39. The number of nitrogens with zero attached hydrogens (tertiary/aromatic N) is 1. The molecule has 0 saturated heterocycles. The predicted molar refractivity (Wildman–Crippen MR) is 54.7 cm³/mol. The van der Waals surface area contributed by atoms with Crippen molar-refractivity contribution in [1.29, 1.82) is 0 Å². The maximum Gasteiger partial charge on any atom is 0.417 e. The van der Waals surface area contributed by atoms with Crippen LogP contribution in [0.4, 0.5) is 13.2 Å². The predicted octanol–water partition coefficient (Wildman–Crippen LogP) is 2.71. The zero-order valence-electron chi connectivity index (χ0n) is 9.63. The van der Waals surface area contributed by atoms with Gasteiger partial charge < -0.3 is 4.74 Å². The third kappa shape index (κ3) is 2.82. The summed E-state index contributed by atoms with van der Waals surface area (Å²) in [6.07, 6.45) is -2.68. The van der Waals surface area contributed by atoms with Crippen LogP contribution in [0, 0.1) is 0 Å². The summed E-state index contributed by atoms with van der Waals surface area (Å²) < 4.78 is 42.9. The Kier molecular flexibility index (Phi) is 3.56. The van der Waals surface area contributed by atoms with Gasteiger partial charge in [0, 0.05) is 19.5 Å². The summed E-state index contributed by atoms with van der Waals surface area (Å²) in [7, 11) is 1.27. The number of hydrogen-bond acceptors (Lipinski definition) is 3. The van der Waals surface area contributed by atoms with Gasteiger partial charge in [-0.15, -0.1) is 0 Å². The van der Waals surface area contributed by atoms with Crippen LogP contribution >= 0.6 is 0 Å². The van der Waals surface area contributed by atoms with Crippen molar-refractivity contribution in [3.05, 3.63) is 29.6 Å². The fourth-order valence-electron chi connectivity index (χ4n) is 1.24. The standard InChI is InChI=1S/C11H12F3NO2/c1-10(2,17-3)9(16)7-6-15-5-4-8(7)11(12,13)14/h4-6H,1-3H3. The maximum absolute atomic E-state index is 12.7. The molecule has 0 aliphatic heterocycles. The van der Waals surface area contributed by atoms with E-state index >= 15 is 0 Å². The summed E-state index contributed by atoms with van der Waals surface area (Å²) >= 11 is 0. The number of carbonyl (C=O) groups excluding carboxylic acids is 1. The number of methoxy groups -OCH3 is 1. The van der Waals surface area contributed by atoms with Gasteiger partial charge in [0.2, 0.25) is 0 Å². The molecular weight excluding hydrogens is 235 g/mol. The minimum Gasteiger partial charge on any atom is -0.371 e. The van der Waals surface area contributed by atoms with E-state index in [0.717, 1.165) is 18.5 Å². The number of alkyl halides is 3. The van der Waals surface area contributed by atoms with Crippen LogP contribution in [0.1, 0.15) is 29.8 Å². The van der Waals surface area contributed by atoms with Gasteiger partial charge in [-0.2, -0.15) is 13.2 Å². The molecule has 0 spiro atoms. The van der Waals surface area contributed by atoms with Crippen LogP contribution in [0.15, 0.2) is 18.5 Å². The Morgan fingerprint density at radius 2 is 1.94 bits per heavy atom. The van der Waals surface area contributed by atoms with Crippen LogP contribution in [0.3, 0.4) is 0 Å². The Balaban J connectivity index is 3.29. The van der Waals surface area contributed by atoms with Crippen molar-refractivity contribution < 1.29 is 22.7 Å². The topological polar surface area (TPSA) is 39.2 Å². The van der Waals surface area contributed by atoms with Gasteiger partial charge in [0.15, 0.2) is 5.78 Å². The average Bonchev–Trinajstić information content (AvgIpc) is 2.27. The summed E-state index contributed by atoms with van der Waals surface area (Å²) in [6, 6.07) is 0.777. The summed E-state index contributed by atoms with van der Waals surface area (Å²) in [6.45, 7) is 2.81. The van der Waals surface area contributed by atoms with E-state index in [9.17, 15) is 18.0 Å². The molecule has 1 heterocycles. The molecule has 0 aromatic carbocycles. The number of Topliss-reactive ketones (excluding diaryl/α,β-unsaturated/α-hetero) is 1. The van der Waals surface area contributed by atoms with Gasteiger partial charge in [-0.05, 0) is 19.9 Å². The van der Waals surface area contributed by atoms with Gasteiger partial charge in [0.25, 0.3) is 0 Å². The zero-order chi connectivity index (χ0) is 13.3. The normalized spacial score (nSPS) is 12.6. The second-order valence-corrected chi connectivity index (χ2v) is 3.96. The average molecular weight is 247 g/mol. The van der Waals surface area contributed by atoms with Gasteiger partial charge in [0.05, 0.1) is 11.1 Å². The Bertz CT molecular complexity index is 427. The molecule has 3 nitrogen and oxygen atoms in total. The molecule has 0 aliphatic rings. The minimum atomic E-state index is -4.59. The smallest absolute Gasteiger partial charge is 0.371 e. The molecule has 0 atom stereocenters. The molecule has 94 valence electrons. The lowest BCUT2D eigenvalue weighted by molar-refractivity contribution is -0.138. The number of ether oxygens (including phenoxy) is 1. The summed E-state index contributed by atoms with van der Waals surface area (Å²) in [5.74, 6) is -0.750. The molecule has 0 fully saturated rings. The Hall–Kier alpha value is -1.43. The quantitative estimate of drug-likeness (QED) is 0.771. The number of carbonyl (C=O) groups is 1. The molecule has 0 N–H and O–H groups in total. The number of halogens is 3. The van der Waals surface area contributed by atoms with Crippen LogP contribution in [0.5, 0.6) is 0 Å². The van der Waals surface area contributed by atoms with Crippen molar-refractivity contribution in [2.24, 2.45) is 0 Å². The largest absolute Gasteiger partial charge is 0.417 e. The Morgan fingerprint density at radius 1 is 1.35 bits per heavy atom. The SMILES string of the molecule is COC(C)(C)C(=O)c1cnccc1C(F)(F)F. The van der Waals surface area contributed by atoms with E-state index in [2.05, 4.69) is 4.98 Å². The summed E-state index contributed by atoms with van der Waals surface area (Å²) in [5, 5.41) is 0. The molecule has 1 rings (SSSR count). The van der Waals surface area contributed by atoms with E-state index < -0.39 is 28.7 Å². The molecule has 0 aliphatic carbocycles. The first-order chi connectivity index (χ1) is 7.70. The first-order valence-corrected chi connectivity index (χ1v) is 4.81. The third-order valence-electron chi connectivity index (χ3n) is 2.43. The highest BCUT2D eigenvalue weighted by Crippen LogP contribution is 2.33. The molecule has 1 aromatic heterocycles. The van der Waals surface area contributed by atoms with Crippen LogP contribution in [0.2, 0.25) is 0 Å². The van der Waals surface area contributed by atoms with Gasteiger partial charge in [-0.3, -0.25) is 9.78 Å². The fourth-order valence-corrected chi connectivity index (χ4v) is 1.24. The highest BCUT2D eigenvalue weighted by atomic mass is 19.4. The van der Waals surface area contributed by atoms with E-state index in [1.807, 2.05) is 0 Å². The zero-order valence-corrected chi connectivity index (χ0v) is 9.63. The number of aromatic nitrogens is 1. The van der Waals surface area contributed by atoms with Crippen LogP contribution in [-0.2, 0) is 10.9 Å². The van der Waals surface area contributed by atoms with Crippen LogP contribution in [0.25, 0.3) is 0 Å². The molecule has 0 unspecified atom stereocenters. The maximum atomic E-state index is 12.7. The summed E-state index contributed by atoms with van der Waals surface area (Å²) in [4.78, 5) is 15.5. The number of pyridine rings is 1. The van der Waals surface area contributed by atoms with E-state index in [1.165, 1.54) is 21.0 Å². The van der Waals surface area contributed by atoms with E-state index in [1.54, 1.807) is 0 Å².